The number of halogens is 2. The number of carbonyl (C=O) groups is 2. The van der Waals surface area contributed by atoms with E-state index in [1.165, 1.54) is 17.8 Å². The van der Waals surface area contributed by atoms with Crippen LogP contribution in [0.4, 0.5) is 5.69 Å². The van der Waals surface area contributed by atoms with Crippen molar-refractivity contribution >= 4 is 52.5 Å². The third-order valence-corrected chi connectivity index (χ3v) is 6.78. The molecule has 0 aliphatic heterocycles. The maximum Gasteiger partial charge on any atom is 0.253 e. The van der Waals surface area contributed by atoms with Gasteiger partial charge < -0.3 is 19.9 Å². The molecule has 2 amide bonds. The maximum absolute atomic E-state index is 13.1. The Labute approximate surface area is 230 Å². The summed E-state index contributed by atoms with van der Waals surface area (Å²) in [6.45, 7) is 8.36. The van der Waals surface area contributed by atoms with Crippen LogP contribution in [-0.2, 0) is 11.3 Å². The summed E-state index contributed by atoms with van der Waals surface area (Å²) in [5, 5.41) is 15.8. The number of aromatic nitrogens is 3. The van der Waals surface area contributed by atoms with E-state index in [1.54, 1.807) is 37.5 Å². The first-order valence-corrected chi connectivity index (χ1v) is 13.3. The fraction of sp³-hybridized carbons (Fsp3) is 0.308. The van der Waals surface area contributed by atoms with Crippen molar-refractivity contribution in [3.05, 3.63) is 76.6 Å². The van der Waals surface area contributed by atoms with Gasteiger partial charge in [0.15, 0.2) is 11.0 Å². The first-order valence-electron chi connectivity index (χ1n) is 11.6. The van der Waals surface area contributed by atoms with Crippen LogP contribution in [0, 0.1) is 5.92 Å². The Morgan fingerprint density at radius 1 is 1.19 bits per heavy atom. The maximum atomic E-state index is 13.1. The Balaban J connectivity index is 1.79. The van der Waals surface area contributed by atoms with Gasteiger partial charge in [-0.15, -0.1) is 16.8 Å². The molecule has 0 radical (unpaired) electrons. The van der Waals surface area contributed by atoms with Crippen LogP contribution in [0.2, 0.25) is 10.0 Å². The first-order chi connectivity index (χ1) is 17.7. The molecule has 8 nitrogen and oxygen atoms in total. The summed E-state index contributed by atoms with van der Waals surface area (Å²) in [6, 6.07) is 11.5. The molecule has 2 aromatic carbocycles. The SMILES string of the molecule is C=CCn1c(SCC(=O)Nc2ccccc2OC)nnc1[C@H](CC(C)C)NC(=O)c1ccc(Cl)cc1Cl. The lowest BCUT2D eigenvalue weighted by molar-refractivity contribution is -0.113. The molecule has 0 aliphatic rings. The quantitative estimate of drug-likeness (QED) is 0.207. The van der Waals surface area contributed by atoms with Crippen LogP contribution < -0.4 is 15.4 Å². The van der Waals surface area contributed by atoms with Crippen molar-refractivity contribution in [1.29, 1.82) is 0 Å². The number of anilines is 1. The van der Waals surface area contributed by atoms with Gasteiger partial charge in [0.1, 0.15) is 5.75 Å². The van der Waals surface area contributed by atoms with Crippen molar-refractivity contribution in [2.45, 2.75) is 38.0 Å². The summed E-state index contributed by atoms with van der Waals surface area (Å²) in [7, 11) is 1.55. The van der Waals surface area contributed by atoms with Crippen molar-refractivity contribution in [2.24, 2.45) is 5.92 Å². The van der Waals surface area contributed by atoms with Crippen molar-refractivity contribution in [3.8, 4) is 5.75 Å². The Morgan fingerprint density at radius 3 is 2.62 bits per heavy atom. The number of hydrogen-bond donors (Lipinski definition) is 2. The summed E-state index contributed by atoms with van der Waals surface area (Å²) < 4.78 is 7.14. The third-order valence-electron chi connectivity index (χ3n) is 5.27. The van der Waals surface area contributed by atoms with E-state index in [1.807, 2.05) is 16.7 Å². The number of allylic oxidation sites excluding steroid dienone is 1. The molecule has 3 aromatic rings. The number of benzene rings is 2. The summed E-state index contributed by atoms with van der Waals surface area (Å²) in [4.78, 5) is 25.7. The van der Waals surface area contributed by atoms with Crippen LogP contribution in [0.25, 0.3) is 0 Å². The first kappa shape index (κ1) is 28.6. The molecule has 0 saturated heterocycles. The summed E-state index contributed by atoms with van der Waals surface area (Å²) in [5.74, 6) is 0.947. The fourth-order valence-corrected chi connectivity index (χ4v) is 4.89. The molecule has 2 N–H and O–H groups in total. The second-order valence-corrected chi connectivity index (χ2v) is 10.3. The lowest BCUT2D eigenvalue weighted by atomic mass is 10.0. The number of ether oxygens (including phenoxy) is 1. The Hall–Kier alpha value is -3.01. The van der Waals surface area contributed by atoms with Crippen molar-refractivity contribution < 1.29 is 14.3 Å². The molecule has 0 saturated carbocycles. The van der Waals surface area contributed by atoms with E-state index in [0.717, 1.165) is 0 Å². The topological polar surface area (TPSA) is 98.1 Å². The molecule has 0 spiro atoms. The second kappa shape index (κ2) is 13.5. The molecule has 1 atom stereocenters. The van der Waals surface area contributed by atoms with Gasteiger partial charge >= 0.3 is 0 Å². The highest BCUT2D eigenvalue weighted by atomic mass is 35.5. The zero-order chi connectivity index (χ0) is 26.9. The average Bonchev–Trinajstić information content (AvgIpc) is 3.25. The van der Waals surface area contributed by atoms with Gasteiger partial charge in [-0.1, -0.05) is 67.0 Å². The predicted octanol–water partition coefficient (Wildman–Crippen LogP) is 6.03. The van der Waals surface area contributed by atoms with Gasteiger partial charge in [0.25, 0.3) is 5.91 Å². The molecule has 37 heavy (non-hydrogen) atoms. The highest BCUT2D eigenvalue weighted by Crippen LogP contribution is 2.28. The molecular formula is C26H29Cl2N5O3S. The highest BCUT2D eigenvalue weighted by Gasteiger charge is 2.25. The number of nitrogens with one attached hydrogen (secondary N) is 2. The van der Waals surface area contributed by atoms with E-state index >= 15 is 0 Å². The van der Waals surface area contributed by atoms with E-state index in [0.29, 0.717) is 46.0 Å². The molecule has 0 fully saturated rings. The number of amides is 2. The molecule has 11 heteroatoms. The van der Waals surface area contributed by atoms with E-state index in [9.17, 15) is 9.59 Å². The van der Waals surface area contributed by atoms with Crippen molar-refractivity contribution in [2.75, 3.05) is 18.2 Å². The summed E-state index contributed by atoms with van der Waals surface area (Å²) >= 11 is 13.5. The number of methoxy groups -OCH3 is 1. The van der Waals surface area contributed by atoms with Gasteiger partial charge in [-0.3, -0.25) is 9.59 Å². The van der Waals surface area contributed by atoms with Crippen LogP contribution >= 0.6 is 35.0 Å². The van der Waals surface area contributed by atoms with Crippen LogP contribution in [0.1, 0.15) is 42.5 Å². The number of hydrogen-bond acceptors (Lipinski definition) is 6. The Morgan fingerprint density at radius 2 is 1.95 bits per heavy atom. The van der Waals surface area contributed by atoms with Gasteiger partial charge in [0, 0.05) is 11.6 Å². The van der Waals surface area contributed by atoms with E-state index in [4.69, 9.17) is 27.9 Å². The van der Waals surface area contributed by atoms with Crippen LogP contribution in [0.5, 0.6) is 5.75 Å². The molecule has 1 heterocycles. The largest absolute Gasteiger partial charge is 0.495 e. The lowest BCUT2D eigenvalue weighted by Gasteiger charge is -2.21. The molecule has 1 aromatic heterocycles. The Bertz CT molecular complexity index is 1260. The predicted molar refractivity (Wildman–Crippen MR) is 149 cm³/mol. The fourth-order valence-electron chi connectivity index (χ4n) is 3.64. The smallest absolute Gasteiger partial charge is 0.253 e. The molecule has 0 aliphatic carbocycles. The van der Waals surface area contributed by atoms with Crippen LogP contribution in [0.3, 0.4) is 0 Å². The zero-order valence-electron chi connectivity index (χ0n) is 20.8. The summed E-state index contributed by atoms with van der Waals surface area (Å²) in [5.41, 5.74) is 0.904. The van der Waals surface area contributed by atoms with E-state index < -0.39 is 6.04 Å². The number of nitrogens with zero attached hydrogens (tertiary/aromatic N) is 3. The van der Waals surface area contributed by atoms with Gasteiger partial charge in [-0.25, -0.2) is 0 Å². The molecule has 0 bridgehead atoms. The van der Waals surface area contributed by atoms with E-state index in [-0.39, 0.29) is 28.5 Å². The lowest BCUT2D eigenvalue weighted by Crippen LogP contribution is -2.32. The molecule has 0 unspecified atom stereocenters. The van der Waals surface area contributed by atoms with Gasteiger partial charge in [0.05, 0.1) is 35.2 Å². The van der Waals surface area contributed by atoms with Gasteiger partial charge in [-0.2, -0.15) is 0 Å². The van der Waals surface area contributed by atoms with Gasteiger partial charge in [0.2, 0.25) is 5.91 Å². The Kier molecular flexibility index (Phi) is 10.4. The van der Waals surface area contributed by atoms with Crippen LogP contribution in [0.15, 0.2) is 60.3 Å². The number of thioether (sulfide) groups is 1. The average molecular weight is 563 g/mol. The third kappa shape index (κ3) is 7.74. The number of rotatable bonds is 12. The standard InChI is InChI=1S/C26H29Cl2N5O3S/c1-5-12-33-24(21(13-16(2)3)30-25(35)18-11-10-17(27)14-19(18)28)31-32-26(33)37-15-23(34)29-20-8-6-7-9-22(20)36-4/h5-11,14,16,21H,1,12-13,15H2,2-4H3,(H,29,34)(H,30,35)/t21-/m0/s1. The monoisotopic (exact) mass is 561 g/mol. The number of carbonyl (C=O) groups excluding carboxylic acids is 2. The minimum absolute atomic E-state index is 0.106. The molecule has 3 rings (SSSR count). The molecule has 196 valence electrons. The summed E-state index contributed by atoms with van der Waals surface area (Å²) in [6.07, 6.45) is 2.33. The number of para-hydroxylation sites is 2. The normalized spacial score (nSPS) is 11.7. The highest BCUT2D eigenvalue weighted by molar-refractivity contribution is 7.99. The van der Waals surface area contributed by atoms with E-state index in [2.05, 4.69) is 41.3 Å². The van der Waals surface area contributed by atoms with Gasteiger partial charge in [-0.05, 0) is 42.7 Å². The molecular weight excluding hydrogens is 533 g/mol. The minimum atomic E-state index is -0.441. The van der Waals surface area contributed by atoms with Crippen LogP contribution in [-0.4, -0.2) is 39.4 Å². The zero-order valence-corrected chi connectivity index (χ0v) is 23.2. The van der Waals surface area contributed by atoms with Crippen molar-refractivity contribution in [3.63, 3.8) is 0 Å². The van der Waals surface area contributed by atoms with Crippen molar-refractivity contribution in [1.82, 2.24) is 20.1 Å². The minimum Gasteiger partial charge on any atom is -0.495 e. The second-order valence-electron chi connectivity index (χ2n) is 8.56.